The highest BCUT2D eigenvalue weighted by Gasteiger charge is 2.33. The third-order valence-corrected chi connectivity index (χ3v) is 4.52. The molecule has 1 aliphatic heterocycles. The number of ether oxygens (including phenoxy) is 3. The lowest BCUT2D eigenvalue weighted by atomic mass is 9.98. The van der Waals surface area contributed by atoms with Crippen molar-refractivity contribution in [3.63, 3.8) is 0 Å². The van der Waals surface area contributed by atoms with Gasteiger partial charge in [0.1, 0.15) is 5.75 Å². The monoisotopic (exact) mass is 392 g/mol. The normalized spacial score (nSPS) is 17.4. The number of rotatable bonds is 8. The minimum Gasteiger partial charge on any atom is -0.474 e. The van der Waals surface area contributed by atoms with Crippen LogP contribution in [-0.4, -0.2) is 48.8 Å². The van der Waals surface area contributed by atoms with Crippen molar-refractivity contribution in [2.75, 3.05) is 31.2 Å². The summed E-state index contributed by atoms with van der Waals surface area (Å²) in [7, 11) is 0. The molecule has 28 heavy (non-hydrogen) atoms. The van der Waals surface area contributed by atoms with Crippen LogP contribution in [0.5, 0.6) is 5.75 Å². The molecular weight excluding hydrogens is 360 g/mol. The SMILES string of the molecule is CCOC(=O)[C@@H]1CCCN(c2cncc(OC(C)(C)C(=O)OCC(C)C)c2)C1. The van der Waals surface area contributed by atoms with Crippen LogP contribution >= 0.6 is 0 Å². The second-order valence-corrected chi connectivity index (χ2v) is 8.02. The molecule has 0 unspecified atom stereocenters. The molecule has 2 rings (SSSR count). The number of hydrogen-bond donors (Lipinski definition) is 0. The Morgan fingerprint density at radius 2 is 2.04 bits per heavy atom. The first-order valence-corrected chi connectivity index (χ1v) is 9.95. The Morgan fingerprint density at radius 3 is 2.71 bits per heavy atom. The van der Waals surface area contributed by atoms with Gasteiger partial charge in [-0.25, -0.2) is 4.79 Å². The van der Waals surface area contributed by atoms with Crippen LogP contribution in [-0.2, 0) is 19.1 Å². The van der Waals surface area contributed by atoms with Crippen LogP contribution in [0.4, 0.5) is 5.69 Å². The van der Waals surface area contributed by atoms with Gasteiger partial charge in [-0.2, -0.15) is 0 Å². The van der Waals surface area contributed by atoms with E-state index in [0.29, 0.717) is 25.5 Å². The van der Waals surface area contributed by atoms with Crippen LogP contribution in [0.15, 0.2) is 18.5 Å². The Morgan fingerprint density at radius 1 is 1.29 bits per heavy atom. The molecule has 1 atom stereocenters. The quantitative estimate of drug-likeness (QED) is 0.629. The Hall–Kier alpha value is -2.31. The van der Waals surface area contributed by atoms with Crippen molar-refractivity contribution < 1.29 is 23.8 Å². The van der Waals surface area contributed by atoms with Crippen LogP contribution in [0, 0.1) is 11.8 Å². The summed E-state index contributed by atoms with van der Waals surface area (Å²) in [6.07, 6.45) is 5.05. The molecule has 1 aliphatic rings. The fraction of sp³-hybridized carbons (Fsp3) is 0.667. The van der Waals surface area contributed by atoms with E-state index in [1.54, 1.807) is 26.2 Å². The molecule has 0 saturated carbocycles. The molecule has 2 heterocycles. The summed E-state index contributed by atoms with van der Waals surface area (Å²) in [5.74, 6) is 0.0488. The van der Waals surface area contributed by atoms with E-state index in [1.165, 1.54) is 0 Å². The highest BCUT2D eigenvalue weighted by atomic mass is 16.6. The number of carbonyl (C=O) groups is 2. The number of aromatic nitrogens is 1. The fourth-order valence-corrected chi connectivity index (χ4v) is 3.05. The van der Waals surface area contributed by atoms with Gasteiger partial charge in [0.2, 0.25) is 0 Å². The summed E-state index contributed by atoms with van der Waals surface area (Å²) >= 11 is 0. The lowest BCUT2D eigenvalue weighted by Gasteiger charge is -2.33. The van der Waals surface area contributed by atoms with Gasteiger partial charge >= 0.3 is 11.9 Å². The van der Waals surface area contributed by atoms with E-state index in [0.717, 1.165) is 25.1 Å². The molecule has 7 heteroatoms. The minimum atomic E-state index is -1.12. The molecule has 156 valence electrons. The van der Waals surface area contributed by atoms with E-state index in [2.05, 4.69) is 9.88 Å². The summed E-state index contributed by atoms with van der Waals surface area (Å²) in [5.41, 5.74) is -0.261. The topological polar surface area (TPSA) is 78.0 Å². The van der Waals surface area contributed by atoms with Crippen molar-refractivity contribution >= 4 is 17.6 Å². The smallest absolute Gasteiger partial charge is 0.349 e. The summed E-state index contributed by atoms with van der Waals surface area (Å²) < 4.78 is 16.4. The zero-order valence-electron chi connectivity index (χ0n) is 17.6. The second kappa shape index (κ2) is 9.75. The maximum atomic E-state index is 12.3. The van der Waals surface area contributed by atoms with Crippen molar-refractivity contribution in [3.05, 3.63) is 18.5 Å². The second-order valence-electron chi connectivity index (χ2n) is 8.02. The van der Waals surface area contributed by atoms with Gasteiger partial charge in [-0.3, -0.25) is 9.78 Å². The van der Waals surface area contributed by atoms with Gasteiger partial charge in [0.15, 0.2) is 5.60 Å². The zero-order chi connectivity index (χ0) is 20.7. The summed E-state index contributed by atoms with van der Waals surface area (Å²) in [4.78, 5) is 30.7. The Balaban J connectivity index is 2.05. The third kappa shape index (κ3) is 6.11. The summed E-state index contributed by atoms with van der Waals surface area (Å²) in [6.45, 7) is 11.3. The molecule has 0 N–H and O–H groups in total. The third-order valence-electron chi connectivity index (χ3n) is 4.52. The number of piperidine rings is 1. The van der Waals surface area contributed by atoms with Gasteiger partial charge in [-0.15, -0.1) is 0 Å². The highest BCUT2D eigenvalue weighted by Crippen LogP contribution is 2.28. The molecule has 1 fully saturated rings. The van der Waals surface area contributed by atoms with Crippen molar-refractivity contribution in [1.29, 1.82) is 0 Å². The maximum absolute atomic E-state index is 12.3. The van der Waals surface area contributed by atoms with Crippen molar-refractivity contribution in [1.82, 2.24) is 4.98 Å². The summed E-state index contributed by atoms with van der Waals surface area (Å²) in [6, 6.07) is 1.85. The lowest BCUT2D eigenvalue weighted by molar-refractivity contribution is -0.160. The predicted molar refractivity (Wildman–Crippen MR) is 106 cm³/mol. The van der Waals surface area contributed by atoms with E-state index in [4.69, 9.17) is 14.2 Å². The van der Waals surface area contributed by atoms with Crippen molar-refractivity contribution in [2.24, 2.45) is 11.8 Å². The Kier molecular flexibility index (Phi) is 7.66. The minimum absolute atomic E-state index is 0.138. The number of nitrogens with zero attached hydrogens (tertiary/aromatic N) is 2. The molecule has 0 amide bonds. The zero-order valence-corrected chi connectivity index (χ0v) is 17.6. The molecule has 0 spiro atoms. The van der Waals surface area contributed by atoms with Gasteiger partial charge in [-0.1, -0.05) is 13.8 Å². The molecule has 0 bridgehead atoms. The van der Waals surface area contributed by atoms with Gasteiger partial charge in [0.25, 0.3) is 0 Å². The number of hydrogen-bond acceptors (Lipinski definition) is 7. The van der Waals surface area contributed by atoms with Crippen molar-refractivity contribution in [2.45, 2.75) is 53.1 Å². The lowest BCUT2D eigenvalue weighted by Crippen LogP contribution is -2.41. The van der Waals surface area contributed by atoms with Crippen LogP contribution in [0.25, 0.3) is 0 Å². The predicted octanol–water partition coefficient (Wildman–Crippen LogP) is 3.22. The molecule has 7 nitrogen and oxygen atoms in total. The van der Waals surface area contributed by atoms with Gasteiger partial charge in [-0.05, 0) is 39.5 Å². The Bertz CT molecular complexity index is 675. The molecule has 1 aromatic rings. The molecule has 0 aromatic carbocycles. The molecular formula is C21H32N2O5. The molecule has 0 aliphatic carbocycles. The number of pyridine rings is 1. The molecule has 1 aromatic heterocycles. The van der Waals surface area contributed by atoms with E-state index < -0.39 is 11.6 Å². The van der Waals surface area contributed by atoms with Crippen LogP contribution in [0.3, 0.4) is 0 Å². The van der Waals surface area contributed by atoms with E-state index in [9.17, 15) is 9.59 Å². The van der Waals surface area contributed by atoms with E-state index in [-0.39, 0.29) is 17.8 Å². The standard InChI is InChI=1S/C21H32N2O5/c1-6-26-19(24)16-8-7-9-23(13-16)17-10-18(12-22-11-17)28-21(4,5)20(25)27-14-15(2)3/h10-12,15-16H,6-9,13-14H2,1-5H3/t16-/m1/s1. The van der Waals surface area contributed by atoms with Crippen molar-refractivity contribution in [3.8, 4) is 5.75 Å². The van der Waals surface area contributed by atoms with Crippen LogP contribution in [0.2, 0.25) is 0 Å². The van der Waals surface area contributed by atoms with Gasteiger partial charge in [0, 0.05) is 19.2 Å². The number of carbonyl (C=O) groups excluding carboxylic acids is 2. The molecule has 0 radical (unpaired) electrons. The fourth-order valence-electron chi connectivity index (χ4n) is 3.05. The van der Waals surface area contributed by atoms with E-state index >= 15 is 0 Å². The maximum Gasteiger partial charge on any atom is 0.349 e. The first-order valence-electron chi connectivity index (χ1n) is 9.95. The first-order chi connectivity index (χ1) is 13.2. The van der Waals surface area contributed by atoms with E-state index in [1.807, 2.05) is 26.8 Å². The largest absolute Gasteiger partial charge is 0.474 e. The number of esters is 2. The van der Waals surface area contributed by atoms with Crippen LogP contribution < -0.4 is 9.64 Å². The average molecular weight is 392 g/mol. The number of anilines is 1. The average Bonchev–Trinajstić information content (AvgIpc) is 2.66. The van der Waals surface area contributed by atoms with Gasteiger partial charge < -0.3 is 19.1 Å². The molecule has 1 saturated heterocycles. The highest BCUT2D eigenvalue weighted by molar-refractivity contribution is 5.79. The van der Waals surface area contributed by atoms with Gasteiger partial charge in [0.05, 0.1) is 37.2 Å². The summed E-state index contributed by atoms with van der Waals surface area (Å²) in [5, 5.41) is 0. The first kappa shape index (κ1) is 22.0. The Labute approximate surface area is 167 Å². The van der Waals surface area contributed by atoms with Crippen LogP contribution in [0.1, 0.15) is 47.5 Å².